The highest BCUT2D eigenvalue weighted by atomic mass is 16.3. The van der Waals surface area contributed by atoms with Crippen molar-refractivity contribution in [3.05, 3.63) is 42.5 Å². The number of amides is 1. The molecule has 0 saturated heterocycles. The van der Waals surface area contributed by atoms with Crippen molar-refractivity contribution in [2.24, 2.45) is 5.92 Å². The van der Waals surface area contributed by atoms with Gasteiger partial charge in [-0.3, -0.25) is 4.79 Å². The summed E-state index contributed by atoms with van der Waals surface area (Å²) in [7, 11) is 0. The van der Waals surface area contributed by atoms with Crippen LogP contribution < -0.4 is 10.6 Å². The van der Waals surface area contributed by atoms with E-state index < -0.39 is 0 Å². The number of aliphatic hydroxyl groups is 1. The molecule has 2 atom stereocenters. The van der Waals surface area contributed by atoms with E-state index >= 15 is 0 Å². The van der Waals surface area contributed by atoms with Gasteiger partial charge >= 0.3 is 0 Å². The molecule has 0 spiro atoms. The Morgan fingerprint density at radius 1 is 1.45 bits per heavy atom. The molecule has 0 fully saturated rings. The molecule has 0 aliphatic heterocycles. The number of carbonyl (C=O) groups is 1. The normalized spacial score (nSPS) is 13.3. The molecular weight excluding hydrogens is 252 g/mol. The Hall–Kier alpha value is -1.81. The molecule has 0 bridgehead atoms. The Morgan fingerprint density at radius 2 is 2.20 bits per heavy atom. The summed E-state index contributed by atoms with van der Waals surface area (Å²) in [6.45, 7) is 8.25. The van der Waals surface area contributed by atoms with Gasteiger partial charge in [0.2, 0.25) is 0 Å². The Labute approximate surface area is 120 Å². The molecule has 1 rings (SSSR count). The molecule has 1 amide bonds. The van der Waals surface area contributed by atoms with E-state index in [4.69, 9.17) is 5.11 Å². The fraction of sp³-hybridized carbons (Fsp3) is 0.438. The lowest BCUT2D eigenvalue weighted by Crippen LogP contribution is -2.27. The van der Waals surface area contributed by atoms with Crippen LogP contribution in [0.25, 0.3) is 0 Å². The van der Waals surface area contributed by atoms with Crippen molar-refractivity contribution >= 4 is 11.6 Å². The summed E-state index contributed by atoms with van der Waals surface area (Å²) in [5.41, 5.74) is 1.51. The molecule has 0 heterocycles. The molecule has 0 saturated carbocycles. The third-order valence-corrected chi connectivity index (χ3v) is 3.31. The van der Waals surface area contributed by atoms with E-state index in [2.05, 4.69) is 31.1 Å². The van der Waals surface area contributed by atoms with E-state index in [1.807, 2.05) is 24.3 Å². The average molecular weight is 276 g/mol. The summed E-state index contributed by atoms with van der Waals surface area (Å²) < 4.78 is 0. The van der Waals surface area contributed by atoms with Gasteiger partial charge in [0.15, 0.2) is 0 Å². The number of anilines is 1. The van der Waals surface area contributed by atoms with Crippen molar-refractivity contribution in [1.82, 2.24) is 5.32 Å². The second-order valence-corrected chi connectivity index (χ2v) is 4.99. The monoisotopic (exact) mass is 276 g/mol. The predicted octanol–water partition coefficient (Wildman–Crippen LogP) is 2.42. The largest absolute Gasteiger partial charge is 0.395 e. The minimum atomic E-state index is -0.172. The topological polar surface area (TPSA) is 61.4 Å². The molecular formula is C16H24N2O2. The SMILES string of the molecule is C=CCC(C)C(C)Nc1cccc(C(=O)NCCO)c1. The first-order chi connectivity index (χ1) is 9.58. The lowest BCUT2D eigenvalue weighted by molar-refractivity contribution is 0.0945. The lowest BCUT2D eigenvalue weighted by atomic mass is 9.99. The summed E-state index contributed by atoms with van der Waals surface area (Å²) in [4.78, 5) is 11.8. The molecule has 4 heteroatoms. The standard InChI is InChI=1S/C16H24N2O2/c1-4-6-12(2)13(3)18-15-8-5-7-14(11-15)16(20)17-9-10-19/h4-5,7-8,11-13,18-19H,1,6,9-10H2,2-3H3,(H,17,20). The Morgan fingerprint density at radius 3 is 2.85 bits per heavy atom. The van der Waals surface area contributed by atoms with Gasteiger partial charge in [0.25, 0.3) is 5.91 Å². The Bertz CT molecular complexity index is 446. The van der Waals surface area contributed by atoms with Crippen LogP contribution in [0.4, 0.5) is 5.69 Å². The number of rotatable bonds is 8. The molecule has 110 valence electrons. The van der Waals surface area contributed by atoms with Crippen LogP contribution in [-0.2, 0) is 0 Å². The first-order valence-corrected chi connectivity index (χ1v) is 6.95. The highest BCUT2D eigenvalue weighted by molar-refractivity contribution is 5.95. The van der Waals surface area contributed by atoms with Crippen LogP contribution in [-0.4, -0.2) is 30.2 Å². The van der Waals surface area contributed by atoms with Gasteiger partial charge in [-0.25, -0.2) is 0 Å². The molecule has 4 nitrogen and oxygen atoms in total. The summed E-state index contributed by atoms with van der Waals surface area (Å²) in [5.74, 6) is 0.300. The van der Waals surface area contributed by atoms with Crippen LogP contribution in [0.1, 0.15) is 30.6 Å². The van der Waals surface area contributed by atoms with Crippen molar-refractivity contribution < 1.29 is 9.90 Å². The fourth-order valence-electron chi connectivity index (χ4n) is 1.89. The molecule has 0 aliphatic carbocycles. The minimum absolute atomic E-state index is 0.0558. The van der Waals surface area contributed by atoms with Crippen LogP contribution in [0.2, 0.25) is 0 Å². The third-order valence-electron chi connectivity index (χ3n) is 3.31. The number of hydrogen-bond donors (Lipinski definition) is 3. The van der Waals surface area contributed by atoms with Gasteiger partial charge in [0, 0.05) is 23.8 Å². The highest BCUT2D eigenvalue weighted by Gasteiger charge is 2.11. The molecule has 0 radical (unpaired) electrons. The lowest BCUT2D eigenvalue weighted by Gasteiger charge is -2.21. The average Bonchev–Trinajstić information content (AvgIpc) is 2.45. The minimum Gasteiger partial charge on any atom is -0.395 e. The molecule has 1 aromatic rings. The van der Waals surface area contributed by atoms with E-state index in [0.717, 1.165) is 12.1 Å². The van der Waals surface area contributed by atoms with Gasteiger partial charge in [0.1, 0.15) is 0 Å². The van der Waals surface area contributed by atoms with E-state index in [1.54, 1.807) is 6.07 Å². The zero-order valence-electron chi connectivity index (χ0n) is 12.2. The van der Waals surface area contributed by atoms with Crippen molar-refractivity contribution in [2.45, 2.75) is 26.3 Å². The van der Waals surface area contributed by atoms with Gasteiger partial charge in [-0.15, -0.1) is 6.58 Å². The van der Waals surface area contributed by atoms with Crippen molar-refractivity contribution in [1.29, 1.82) is 0 Å². The number of nitrogens with one attached hydrogen (secondary N) is 2. The quantitative estimate of drug-likeness (QED) is 0.639. The summed E-state index contributed by atoms with van der Waals surface area (Å²) in [6.07, 6.45) is 2.87. The predicted molar refractivity (Wildman–Crippen MR) is 82.9 cm³/mol. The van der Waals surface area contributed by atoms with E-state index in [1.165, 1.54) is 0 Å². The van der Waals surface area contributed by atoms with E-state index in [-0.39, 0.29) is 19.1 Å². The Kier molecular flexibility index (Phi) is 6.81. The first kappa shape index (κ1) is 16.2. The smallest absolute Gasteiger partial charge is 0.251 e. The van der Waals surface area contributed by atoms with E-state index in [0.29, 0.717) is 17.5 Å². The van der Waals surface area contributed by atoms with Crippen LogP contribution in [0.15, 0.2) is 36.9 Å². The molecule has 0 aliphatic rings. The number of carbonyl (C=O) groups excluding carboxylic acids is 1. The number of allylic oxidation sites excluding steroid dienone is 1. The van der Waals surface area contributed by atoms with Gasteiger partial charge < -0.3 is 15.7 Å². The highest BCUT2D eigenvalue weighted by Crippen LogP contribution is 2.16. The maximum Gasteiger partial charge on any atom is 0.251 e. The third kappa shape index (κ3) is 5.05. The van der Waals surface area contributed by atoms with Gasteiger partial charge in [-0.1, -0.05) is 19.1 Å². The van der Waals surface area contributed by atoms with Gasteiger partial charge in [-0.05, 0) is 37.5 Å². The maximum absolute atomic E-state index is 11.8. The molecule has 3 N–H and O–H groups in total. The summed E-state index contributed by atoms with van der Waals surface area (Å²) >= 11 is 0. The summed E-state index contributed by atoms with van der Waals surface area (Å²) in [5, 5.41) is 14.8. The van der Waals surface area contributed by atoms with E-state index in [9.17, 15) is 4.79 Å². The van der Waals surface area contributed by atoms with Crippen LogP contribution >= 0.6 is 0 Å². The van der Waals surface area contributed by atoms with Crippen LogP contribution in [0, 0.1) is 5.92 Å². The van der Waals surface area contributed by atoms with Gasteiger partial charge in [0.05, 0.1) is 6.61 Å². The second kappa shape index (κ2) is 8.38. The van der Waals surface area contributed by atoms with Gasteiger partial charge in [-0.2, -0.15) is 0 Å². The second-order valence-electron chi connectivity index (χ2n) is 4.99. The molecule has 20 heavy (non-hydrogen) atoms. The zero-order chi connectivity index (χ0) is 15.0. The maximum atomic E-state index is 11.8. The zero-order valence-corrected chi connectivity index (χ0v) is 12.2. The first-order valence-electron chi connectivity index (χ1n) is 6.95. The molecule has 0 aromatic heterocycles. The van der Waals surface area contributed by atoms with Crippen molar-refractivity contribution in [3.8, 4) is 0 Å². The van der Waals surface area contributed by atoms with Crippen LogP contribution in [0.5, 0.6) is 0 Å². The molecule has 1 aromatic carbocycles. The fourth-order valence-corrected chi connectivity index (χ4v) is 1.89. The van der Waals surface area contributed by atoms with Crippen LogP contribution in [0.3, 0.4) is 0 Å². The number of aliphatic hydroxyl groups excluding tert-OH is 1. The van der Waals surface area contributed by atoms with Crippen molar-refractivity contribution in [3.63, 3.8) is 0 Å². The summed E-state index contributed by atoms with van der Waals surface area (Å²) in [6, 6.07) is 7.67. The molecule has 2 unspecified atom stereocenters. The number of hydrogen-bond acceptors (Lipinski definition) is 3. The Balaban J connectivity index is 2.68. The number of benzene rings is 1. The van der Waals surface area contributed by atoms with Crippen molar-refractivity contribution in [2.75, 3.05) is 18.5 Å².